The maximum absolute atomic E-state index is 13.7. The van der Waals surface area contributed by atoms with Crippen LogP contribution >= 0.6 is 11.6 Å². The molecule has 0 aliphatic heterocycles. The van der Waals surface area contributed by atoms with E-state index >= 15 is 0 Å². The lowest BCUT2D eigenvalue weighted by Crippen LogP contribution is -2.49. The molecule has 2 N–H and O–H groups in total. The van der Waals surface area contributed by atoms with Gasteiger partial charge in [0.1, 0.15) is 22.7 Å². The highest BCUT2D eigenvalue weighted by molar-refractivity contribution is 6.37. The SMILES string of the molecule is Cc1onc2c1c(=O)n(C1CCCC(NC(=O)C(NC(C)(C)C)c3ccccc3)C1)c1cccc(Cl)c21. The van der Waals surface area contributed by atoms with Gasteiger partial charge in [-0.1, -0.05) is 53.2 Å². The molecule has 8 heteroatoms. The number of aromatic nitrogens is 2. The first kappa shape index (κ1) is 25.5. The lowest BCUT2D eigenvalue weighted by molar-refractivity contribution is -0.124. The Morgan fingerprint density at radius 2 is 1.86 bits per heavy atom. The van der Waals surface area contributed by atoms with Gasteiger partial charge in [-0.05, 0) is 71.1 Å². The van der Waals surface area contributed by atoms with E-state index < -0.39 is 6.04 Å². The van der Waals surface area contributed by atoms with Crippen LogP contribution in [-0.2, 0) is 4.79 Å². The molecule has 194 valence electrons. The highest BCUT2D eigenvalue weighted by Crippen LogP contribution is 2.35. The van der Waals surface area contributed by atoms with Crippen molar-refractivity contribution in [2.45, 2.75) is 77.0 Å². The minimum atomic E-state index is -0.472. The van der Waals surface area contributed by atoms with Gasteiger partial charge >= 0.3 is 0 Å². The van der Waals surface area contributed by atoms with Crippen molar-refractivity contribution in [1.82, 2.24) is 20.4 Å². The van der Waals surface area contributed by atoms with Crippen LogP contribution in [0.25, 0.3) is 21.8 Å². The van der Waals surface area contributed by atoms with Gasteiger partial charge in [0, 0.05) is 23.0 Å². The van der Waals surface area contributed by atoms with Crippen molar-refractivity contribution >= 4 is 39.3 Å². The van der Waals surface area contributed by atoms with E-state index in [1.807, 2.05) is 47.0 Å². The van der Waals surface area contributed by atoms with E-state index in [2.05, 4.69) is 36.6 Å². The van der Waals surface area contributed by atoms with E-state index in [0.29, 0.717) is 28.1 Å². The molecular formula is C29H33ClN4O3. The first-order valence-electron chi connectivity index (χ1n) is 12.9. The lowest BCUT2D eigenvalue weighted by atomic mass is 9.89. The number of fused-ring (bicyclic) bond motifs is 3. The molecule has 0 saturated heterocycles. The first-order valence-corrected chi connectivity index (χ1v) is 13.2. The fraction of sp³-hybridized carbons (Fsp3) is 0.414. The van der Waals surface area contributed by atoms with Crippen LogP contribution in [0.15, 0.2) is 57.8 Å². The van der Waals surface area contributed by atoms with Gasteiger partial charge in [0.25, 0.3) is 5.56 Å². The topological polar surface area (TPSA) is 89.2 Å². The van der Waals surface area contributed by atoms with Gasteiger partial charge in [0.15, 0.2) is 0 Å². The van der Waals surface area contributed by atoms with Crippen molar-refractivity contribution in [2.24, 2.45) is 0 Å². The molecule has 2 aromatic carbocycles. The Labute approximate surface area is 221 Å². The second-order valence-corrected chi connectivity index (χ2v) is 11.4. The number of hydrogen-bond donors (Lipinski definition) is 2. The summed E-state index contributed by atoms with van der Waals surface area (Å²) in [5.41, 5.74) is 1.79. The summed E-state index contributed by atoms with van der Waals surface area (Å²) in [6, 6.07) is 14.7. The molecule has 0 radical (unpaired) electrons. The quantitative estimate of drug-likeness (QED) is 0.345. The highest BCUT2D eigenvalue weighted by Gasteiger charge is 2.31. The van der Waals surface area contributed by atoms with Crippen LogP contribution in [-0.4, -0.2) is 27.2 Å². The van der Waals surface area contributed by atoms with Crippen molar-refractivity contribution < 1.29 is 9.32 Å². The van der Waals surface area contributed by atoms with Gasteiger partial charge in [-0.15, -0.1) is 0 Å². The van der Waals surface area contributed by atoms with Gasteiger partial charge in [0.05, 0.1) is 10.5 Å². The van der Waals surface area contributed by atoms with Crippen LogP contribution in [0.4, 0.5) is 0 Å². The monoisotopic (exact) mass is 520 g/mol. The third-order valence-electron chi connectivity index (χ3n) is 7.11. The number of rotatable bonds is 5. The molecule has 2 heterocycles. The van der Waals surface area contributed by atoms with Crippen molar-refractivity contribution in [1.29, 1.82) is 0 Å². The summed E-state index contributed by atoms with van der Waals surface area (Å²) in [7, 11) is 0. The minimum Gasteiger partial charge on any atom is -0.360 e. The Morgan fingerprint density at radius 3 is 2.59 bits per heavy atom. The Balaban J connectivity index is 1.47. The highest BCUT2D eigenvalue weighted by atomic mass is 35.5. The molecule has 5 rings (SSSR count). The molecule has 1 aliphatic carbocycles. The zero-order chi connectivity index (χ0) is 26.3. The number of amides is 1. The fourth-order valence-electron chi connectivity index (χ4n) is 5.53. The van der Waals surface area contributed by atoms with E-state index in [9.17, 15) is 9.59 Å². The lowest BCUT2D eigenvalue weighted by Gasteiger charge is -2.34. The smallest absolute Gasteiger partial charge is 0.264 e. The molecule has 3 atom stereocenters. The average Bonchev–Trinajstić information content (AvgIpc) is 3.24. The maximum atomic E-state index is 13.7. The summed E-state index contributed by atoms with van der Waals surface area (Å²) < 4.78 is 7.24. The maximum Gasteiger partial charge on any atom is 0.264 e. The average molecular weight is 521 g/mol. The molecule has 37 heavy (non-hydrogen) atoms. The number of pyridine rings is 1. The molecule has 1 aliphatic rings. The van der Waals surface area contributed by atoms with Gasteiger partial charge in [-0.25, -0.2) is 0 Å². The summed E-state index contributed by atoms with van der Waals surface area (Å²) in [6.45, 7) is 7.91. The largest absolute Gasteiger partial charge is 0.360 e. The summed E-state index contributed by atoms with van der Waals surface area (Å²) in [5.74, 6) is 0.424. The van der Waals surface area contributed by atoms with Gasteiger partial charge in [-0.2, -0.15) is 0 Å². The minimum absolute atomic E-state index is 0.0559. The Morgan fingerprint density at radius 1 is 1.11 bits per heavy atom. The summed E-state index contributed by atoms with van der Waals surface area (Å²) in [6.07, 6.45) is 3.25. The Hall–Kier alpha value is -3.16. The fourth-order valence-corrected chi connectivity index (χ4v) is 5.79. The summed E-state index contributed by atoms with van der Waals surface area (Å²) in [5, 5.41) is 12.6. The third-order valence-corrected chi connectivity index (χ3v) is 7.43. The number of nitrogens with zero attached hydrogens (tertiary/aromatic N) is 2. The molecule has 7 nitrogen and oxygen atoms in total. The molecule has 2 aromatic heterocycles. The van der Waals surface area contributed by atoms with Crippen molar-refractivity contribution in [3.8, 4) is 0 Å². The number of hydrogen-bond acceptors (Lipinski definition) is 5. The van der Waals surface area contributed by atoms with Gasteiger partial charge in [-0.3, -0.25) is 14.9 Å². The van der Waals surface area contributed by atoms with E-state index in [1.54, 1.807) is 13.0 Å². The van der Waals surface area contributed by atoms with Crippen LogP contribution in [0.1, 0.15) is 69.9 Å². The number of carbonyl (C=O) groups is 1. The van der Waals surface area contributed by atoms with Crippen LogP contribution in [0.3, 0.4) is 0 Å². The molecule has 4 aromatic rings. The number of carbonyl (C=O) groups excluding carboxylic acids is 1. The zero-order valence-electron chi connectivity index (χ0n) is 21.7. The Bertz CT molecular complexity index is 1500. The molecule has 1 amide bonds. The Kier molecular flexibility index (Phi) is 6.86. The van der Waals surface area contributed by atoms with Crippen LogP contribution < -0.4 is 16.2 Å². The number of nitrogens with one attached hydrogen (secondary N) is 2. The molecule has 0 bridgehead atoms. The van der Waals surface area contributed by atoms with E-state index in [0.717, 1.165) is 35.7 Å². The van der Waals surface area contributed by atoms with Crippen LogP contribution in [0.5, 0.6) is 0 Å². The molecular weight excluding hydrogens is 488 g/mol. The van der Waals surface area contributed by atoms with Crippen molar-refractivity contribution in [3.05, 3.63) is 75.2 Å². The molecule has 1 saturated carbocycles. The second kappa shape index (κ2) is 9.95. The van der Waals surface area contributed by atoms with Crippen LogP contribution in [0, 0.1) is 6.92 Å². The van der Waals surface area contributed by atoms with Gasteiger partial charge < -0.3 is 14.4 Å². The predicted molar refractivity (Wildman–Crippen MR) is 147 cm³/mol. The van der Waals surface area contributed by atoms with Crippen LogP contribution in [0.2, 0.25) is 5.02 Å². The number of aryl methyl sites for hydroxylation is 1. The summed E-state index contributed by atoms with van der Waals surface area (Å²) >= 11 is 6.59. The standard InChI is InChI=1S/C29H33ClN4O3/c1-17-23-26(33-37-17)24-21(30)14-9-15-22(24)34(28(23)36)20-13-8-12-19(16-20)31-27(35)25(32-29(2,3)4)18-10-6-5-7-11-18/h5-7,9-11,14-15,19-20,25,32H,8,12-13,16H2,1-4H3,(H,31,35). The van der Waals surface area contributed by atoms with Crippen molar-refractivity contribution in [2.75, 3.05) is 0 Å². The molecule has 3 unspecified atom stereocenters. The number of benzene rings is 2. The third kappa shape index (κ3) is 5.03. The first-order chi connectivity index (χ1) is 17.6. The summed E-state index contributed by atoms with van der Waals surface area (Å²) in [4.78, 5) is 27.3. The predicted octanol–water partition coefficient (Wildman–Crippen LogP) is 5.83. The van der Waals surface area contributed by atoms with Gasteiger partial charge in [0.2, 0.25) is 5.91 Å². The van der Waals surface area contributed by atoms with E-state index in [-0.39, 0.29) is 29.1 Å². The second-order valence-electron chi connectivity index (χ2n) is 11.0. The molecule has 0 spiro atoms. The van der Waals surface area contributed by atoms with E-state index in [4.69, 9.17) is 16.1 Å². The normalized spacial score (nSPS) is 19.3. The number of halogens is 1. The molecule has 1 fully saturated rings. The van der Waals surface area contributed by atoms with Crippen molar-refractivity contribution in [3.63, 3.8) is 0 Å². The zero-order valence-corrected chi connectivity index (χ0v) is 22.4. The van der Waals surface area contributed by atoms with E-state index in [1.165, 1.54) is 0 Å².